The van der Waals surface area contributed by atoms with Gasteiger partial charge in [0.05, 0.1) is 0 Å². The van der Waals surface area contributed by atoms with Crippen molar-refractivity contribution in [3.63, 3.8) is 0 Å². The number of imide groups is 1. The Morgan fingerprint density at radius 3 is 2.52 bits per heavy atom. The molecule has 5 nitrogen and oxygen atoms in total. The smallest absolute Gasteiger partial charge is 0.323 e. The Morgan fingerprint density at radius 2 is 2.00 bits per heavy atom. The van der Waals surface area contributed by atoms with Gasteiger partial charge >= 0.3 is 6.03 Å². The fourth-order valence-corrected chi connectivity index (χ4v) is 2.69. The lowest BCUT2D eigenvalue weighted by atomic mass is 9.97. The first-order chi connectivity index (χ1) is 9.78. The predicted molar refractivity (Wildman–Crippen MR) is 81.8 cm³/mol. The maximum Gasteiger partial charge on any atom is 0.325 e. The predicted octanol–water partition coefficient (Wildman–Crippen LogP) is 2.02. The average Bonchev–Trinajstić information content (AvgIpc) is 2.63. The Kier molecular flexibility index (Phi) is 4.05. The van der Waals surface area contributed by atoms with Gasteiger partial charge in [0.2, 0.25) is 0 Å². The Bertz CT molecular complexity index is 585. The lowest BCUT2D eigenvalue weighted by Crippen LogP contribution is -2.43. The largest absolute Gasteiger partial charge is 0.325 e. The standard InChI is InChI=1S/C16H23N3O2/c1-5-16(4)14(20)19(15(21)18-16)9-13(17)12-7-6-10(2)8-11(12)3/h6-8,13H,5,9,17H2,1-4H3,(H,18,21). The molecule has 0 saturated carbocycles. The Balaban J connectivity index is 2.18. The van der Waals surface area contributed by atoms with Crippen molar-refractivity contribution in [2.45, 2.75) is 45.7 Å². The van der Waals surface area contributed by atoms with Crippen LogP contribution in [0.3, 0.4) is 0 Å². The molecule has 0 aliphatic carbocycles. The number of carbonyl (C=O) groups excluding carboxylic acids is 2. The number of nitrogens with zero attached hydrogens (tertiary/aromatic N) is 1. The monoisotopic (exact) mass is 289 g/mol. The zero-order chi connectivity index (χ0) is 15.8. The van der Waals surface area contributed by atoms with Crippen molar-refractivity contribution in [2.24, 2.45) is 5.73 Å². The van der Waals surface area contributed by atoms with E-state index in [1.807, 2.05) is 32.9 Å². The minimum atomic E-state index is -0.806. The highest BCUT2D eigenvalue weighted by Gasteiger charge is 2.46. The van der Waals surface area contributed by atoms with Crippen LogP contribution < -0.4 is 11.1 Å². The van der Waals surface area contributed by atoms with Crippen LogP contribution in [0.4, 0.5) is 4.79 Å². The van der Waals surface area contributed by atoms with E-state index < -0.39 is 5.54 Å². The van der Waals surface area contributed by atoms with E-state index >= 15 is 0 Å². The molecule has 1 aliphatic heterocycles. The number of rotatable bonds is 4. The first-order valence-corrected chi connectivity index (χ1v) is 7.25. The van der Waals surface area contributed by atoms with E-state index in [1.165, 1.54) is 4.90 Å². The number of amides is 3. The summed E-state index contributed by atoms with van der Waals surface area (Å²) in [5, 5.41) is 2.74. The first-order valence-electron chi connectivity index (χ1n) is 7.25. The summed E-state index contributed by atoms with van der Waals surface area (Å²) < 4.78 is 0. The van der Waals surface area contributed by atoms with Crippen molar-refractivity contribution >= 4 is 11.9 Å². The van der Waals surface area contributed by atoms with Crippen LogP contribution in [-0.4, -0.2) is 28.9 Å². The van der Waals surface area contributed by atoms with Crippen LogP contribution in [0.5, 0.6) is 0 Å². The third kappa shape index (κ3) is 2.78. The maximum atomic E-state index is 12.4. The molecule has 1 fully saturated rings. The van der Waals surface area contributed by atoms with Crippen LogP contribution in [0.1, 0.15) is 43.0 Å². The zero-order valence-electron chi connectivity index (χ0n) is 13.1. The van der Waals surface area contributed by atoms with Crippen molar-refractivity contribution in [3.05, 3.63) is 34.9 Å². The molecule has 0 bridgehead atoms. The molecular weight excluding hydrogens is 266 g/mol. The molecule has 114 valence electrons. The lowest BCUT2D eigenvalue weighted by molar-refractivity contribution is -0.131. The zero-order valence-corrected chi connectivity index (χ0v) is 13.1. The molecule has 2 rings (SSSR count). The van der Waals surface area contributed by atoms with Crippen molar-refractivity contribution in [2.75, 3.05) is 6.54 Å². The van der Waals surface area contributed by atoms with E-state index in [0.717, 1.165) is 16.7 Å². The number of urea groups is 1. The maximum absolute atomic E-state index is 12.4. The Morgan fingerprint density at radius 1 is 1.33 bits per heavy atom. The molecular formula is C16H23N3O2. The minimum absolute atomic E-state index is 0.199. The number of benzene rings is 1. The second kappa shape index (κ2) is 5.48. The summed E-state index contributed by atoms with van der Waals surface area (Å²) in [4.78, 5) is 25.6. The molecule has 3 N–H and O–H groups in total. The van der Waals surface area contributed by atoms with Gasteiger partial charge in [-0.1, -0.05) is 30.7 Å². The number of aryl methyl sites for hydroxylation is 2. The van der Waals surface area contributed by atoms with Crippen LogP contribution in [0, 0.1) is 13.8 Å². The van der Waals surface area contributed by atoms with Gasteiger partial charge in [0.1, 0.15) is 5.54 Å². The van der Waals surface area contributed by atoms with E-state index in [1.54, 1.807) is 6.92 Å². The normalized spacial score (nSPS) is 23.4. The quantitative estimate of drug-likeness (QED) is 0.833. The second-order valence-corrected chi connectivity index (χ2v) is 6.00. The second-order valence-electron chi connectivity index (χ2n) is 6.00. The van der Waals surface area contributed by atoms with E-state index in [9.17, 15) is 9.59 Å². The van der Waals surface area contributed by atoms with Gasteiger partial charge in [0.25, 0.3) is 5.91 Å². The van der Waals surface area contributed by atoms with Crippen LogP contribution in [0.25, 0.3) is 0 Å². The molecule has 1 saturated heterocycles. The summed E-state index contributed by atoms with van der Waals surface area (Å²) in [6, 6.07) is 5.28. The van der Waals surface area contributed by atoms with Crippen molar-refractivity contribution < 1.29 is 9.59 Å². The fourth-order valence-electron chi connectivity index (χ4n) is 2.69. The topological polar surface area (TPSA) is 75.4 Å². The Hall–Kier alpha value is -1.88. The molecule has 0 aromatic heterocycles. The highest BCUT2D eigenvalue weighted by atomic mass is 16.2. The summed E-state index contributed by atoms with van der Waals surface area (Å²) in [5.74, 6) is -0.199. The number of nitrogens with one attached hydrogen (secondary N) is 1. The molecule has 1 aliphatic rings. The average molecular weight is 289 g/mol. The number of carbonyl (C=O) groups is 2. The highest BCUT2D eigenvalue weighted by molar-refractivity contribution is 6.06. The van der Waals surface area contributed by atoms with Crippen LogP contribution in [0.2, 0.25) is 0 Å². The summed E-state index contributed by atoms with van der Waals surface area (Å²) in [5.41, 5.74) is 8.60. The SMILES string of the molecule is CCC1(C)NC(=O)N(CC(N)c2ccc(C)cc2C)C1=O. The summed E-state index contributed by atoms with van der Waals surface area (Å²) in [7, 11) is 0. The summed E-state index contributed by atoms with van der Waals surface area (Å²) in [6.45, 7) is 7.84. The van der Waals surface area contributed by atoms with E-state index in [0.29, 0.717) is 6.42 Å². The molecule has 1 aromatic rings. The third-order valence-electron chi connectivity index (χ3n) is 4.26. The molecule has 1 aromatic carbocycles. The summed E-state index contributed by atoms with van der Waals surface area (Å²) in [6.07, 6.45) is 0.562. The van der Waals surface area contributed by atoms with Crippen LogP contribution in [0.15, 0.2) is 18.2 Å². The van der Waals surface area contributed by atoms with Gasteiger partial charge < -0.3 is 11.1 Å². The van der Waals surface area contributed by atoms with Crippen LogP contribution >= 0.6 is 0 Å². The number of nitrogens with two attached hydrogens (primary N) is 1. The van der Waals surface area contributed by atoms with Gasteiger partial charge in [-0.25, -0.2) is 4.79 Å². The van der Waals surface area contributed by atoms with Crippen molar-refractivity contribution in [1.29, 1.82) is 0 Å². The van der Waals surface area contributed by atoms with E-state index in [4.69, 9.17) is 5.73 Å². The lowest BCUT2D eigenvalue weighted by Gasteiger charge is -2.22. The molecule has 0 spiro atoms. The fraction of sp³-hybridized carbons (Fsp3) is 0.500. The van der Waals surface area contributed by atoms with Gasteiger partial charge in [-0.3, -0.25) is 9.69 Å². The highest BCUT2D eigenvalue weighted by Crippen LogP contribution is 2.24. The molecule has 0 radical (unpaired) electrons. The Labute approximate surface area is 125 Å². The van der Waals surface area contributed by atoms with E-state index in [2.05, 4.69) is 11.4 Å². The molecule has 21 heavy (non-hydrogen) atoms. The van der Waals surface area contributed by atoms with E-state index in [-0.39, 0.29) is 24.5 Å². The molecule has 1 heterocycles. The van der Waals surface area contributed by atoms with Gasteiger partial charge in [-0.05, 0) is 38.3 Å². The van der Waals surface area contributed by atoms with Crippen molar-refractivity contribution in [1.82, 2.24) is 10.2 Å². The molecule has 2 atom stereocenters. The molecule has 2 unspecified atom stereocenters. The molecule has 5 heteroatoms. The van der Waals surface area contributed by atoms with Gasteiger partial charge in [0, 0.05) is 12.6 Å². The van der Waals surface area contributed by atoms with Gasteiger partial charge in [-0.15, -0.1) is 0 Å². The molecule has 3 amide bonds. The van der Waals surface area contributed by atoms with Gasteiger partial charge in [0.15, 0.2) is 0 Å². The number of hydrogen-bond acceptors (Lipinski definition) is 3. The third-order valence-corrected chi connectivity index (χ3v) is 4.26. The number of hydrogen-bond donors (Lipinski definition) is 2. The van der Waals surface area contributed by atoms with Crippen LogP contribution in [-0.2, 0) is 4.79 Å². The van der Waals surface area contributed by atoms with Crippen molar-refractivity contribution in [3.8, 4) is 0 Å². The van der Waals surface area contributed by atoms with Gasteiger partial charge in [-0.2, -0.15) is 0 Å². The minimum Gasteiger partial charge on any atom is -0.323 e. The first kappa shape index (κ1) is 15.5. The summed E-state index contributed by atoms with van der Waals surface area (Å²) >= 11 is 0.